The zero-order valence-corrected chi connectivity index (χ0v) is 15.5. The third kappa shape index (κ3) is 2.96. The van der Waals surface area contributed by atoms with Crippen LogP contribution in [0.15, 0.2) is 35.1 Å². The quantitative estimate of drug-likeness (QED) is 0.762. The van der Waals surface area contributed by atoms with Crippen molar-refractivity contribution in [2.45, 2.75) is 58.3 Å². The summed E-state index contributed by atoms with van der Waals surface area (Å²) < 4.78 is 1.83. The lowest BCUT2D eigenvalue weighted by Gasteiger charge is -2.26. The molecule has 1 saturated carbocycles. The predicted molar refractivity (Wildman–Crippen MR) is 103 cm³/mol. The number of rotatable bonds is 4. The normalized spacial score (nSPS) is 20.5. The van der Waals surface area contributed by atoms with E-state index in [9.17, 15) is 4.79 Å². The second-order valence-electron chi connectivity index (χ2n) is 7.33. The number of benzene rings is 1. The predicted octanol–water partition coefficient (Wildman–Crippen LogP) is 4.33. The van der Waals surface area contributed by atoms with E-state index >= 15 is 0 Å². The van der Waals surface area contributed by atoms with E-state index < -0.39 is 0 Å². The van der Waals surface area contributed by atoms with E-state index in [2.05, 4.69) is 11.9 Å². The van der Waals surface area contributed by atoms with Crippen molar-refractivity contribution in [3.05, 3.63) is 52.2 Å². The Bertz CT molecular complexity index is 949. The Balaban J connectivity index is 1.83. The van der Waals surface area contributed by atoms with Crippen LogP contribution in [0.2, 0.25) is 0 Å². The standard InChI is InChI=1S/C21H26N4O/c1-3-14-10-12-16(13-11-14)20-22-17(4-2)18-21(26)23-19(24-25(18)20)15-8-6-5-7-9-15/h5-9,14,16H,3-4,10-13H2,1-2H3,(H,23,24,26). The molecule has 3 aromatic rings. The molecule has 1 fully saturated rings. The van der Waals surface area contributed by atoms with Gasteiger partial charge in [-0.2, -0.15) is 0 Å². The zero-order valence-electron chi connectivity index (χ0n) is 15.5. The smallest absolute Gasteiger partial charge is 0.277 e. The number of hydrogen-bond acceptors (Lipinski definition) is 3. The van der Waals surface area contributed by atoms with Gasteiger partial charge in [-0.25, -0.2) is 9.50 Å². The Kier molecular flexibility index (Phi) is 4.62. The molecular formula is C21H26N4O. The molecular weight excluding hydrogens is 324 g/mol. The van der Waals surface area contributed by atoms with Gasteiger partial charge in [0.05, 0.1) is 5.69 Å². The van der Waals surface area contributed by atoms with Gasteiger partial charge in [0.1, 0.15) is 5.82 Å². The molecule has 0 radical (unpaired) electrons. The molecule has 0 amide bonds. The van der Waals surface area contributed by atoms with Gasteiger partial charge in [-0.1, -0.05) is 50.6 Å². The van der Waals surface area contributed by atoms with Gasteiger partial charge in [0.2, 0.25) is 0 Å². The maximum absolute atomic E-state index is 12.8. The van der Waals surface area contributed by atoms with Crippen LogP contribution in [-0.2, 0) is 6.42 Å². The van der Waals surface area contributed by atoms with E-state index in [0.717, 1.165) is 42.3 Å². The van der Waals surface area contributed by atoms with Gasteiger partial charge in [0, 0.05) is 11.5 Å². The van der Waals surface area contributed by atoms with Crippen molar-refractivity contribution < 1.29 is 0 Å². The number of fused-ring (bicyclic) bond motifs is 1. The molecule has 1 aliphatic carbocycles. The monoisotopic (exact) mass is 350 g/mol. The summed E-state index contributed by atoms with van der Waals surface area (Å²) in [6.45, 7) is 4.32. The molecule has 0 atom stereocenters. The number of imidazole rings is 1. The maximum atomic E-state index is 12.8. The molecule has 1 aromatic carbocycles. The fourth-order valence-electron chi connectivity index (χ4n) is 4.16. The molecule has 26 heavy (non-hydrogen) atoms. The summed E-state index contributed by atoms with van der Waals surface area (Å²) >= 11 is 0. The molecule has 136 valence electrons. The number of nitrogens with zero attached hydrogens (tertiary/aromatic N) is 3. The lowest BCUT2D eigenvalue weighted by atomic mass is 9.80. The van der Waals surface area contributed by atoms with E-state index in [4.69, 9.17) is 10.1 Å². The van der Waals surface area contributed by atoms with Gasteiger partial charge in [0.15, 0.2) is 11.3 Å². The van der Waals surface area contributed by atoms with E-state index in [1.54, 1.807) is 0 Å². The second-order valence-corrected chi connectivity index (χ2v) is 7.33. The molecule has 5 nitrogen and oxygen atoms in total. The molecule has 2 aromatic heterocycles. The lowest BCUT2D eigenvalue weighted by molar-refractivity contribution is 0.310. The van der Waals surface area contributed by atoms with Crippen LogP contribution in [0.25, 0.3) is 16.9 Å². The molecule has 2 heterocycles. The van der Waals surface area contributed by atoms with E-state index in [1.807, 2.05) is 41.8 Å². The summed E-state index contributed by atoms with van der Waals surface area (Å²) in [5.74, 6) is 2.80. The van der Waals surface area contributed by atoms with Crippen molar-refractivity contribution >= 4 is 5.52 Å². The fraction of sp³-hybridized carbons (Fsp3) is 0.476. The Morgan fingerprint density at radius 1 is 1.12 bits per heavy atom. The number of aromatic amines is 1. The Hall–Kier alpha value is -2.43. The highest BCUT2D eigenvalue weighted by molar-refractivity contribution is 5.58. The first-order chi connectivity index (χ1) is 12.7. The van der Waals surface area contributed by atoms with Crippen molar-refractivity contribution in [3.63, 3.8) is 0 Å². The highest BCUT2D eigenvalue weighted by Crippen LogP contribution is 2.36. The van der Waals surface area contributed by atoms with Crippen LogP contribution in [0.1, 0.15) is 63.4 Å². The van der Waals surface area contributed by atoms with E-state index in [1.165, 1.54) is 19.3 Å². The SMILES string of the molecule is CCc1nc(C2CCC(CC)CC2)n2nc(-c3ccccc3)[nH]c(=O)c12. The third-order valence-corrected chi connectivity index (χ3v) is 5.77. The van der Waals surface area contributed by atoms with Gasteiger partial charge < -0.3 is 4.98 Å². The summed E-state index contributed by atoms with van der Waals surface area (Å²) in [4.78, 5) is 20.6. The molecule has 0 spiro atoms. The van der Waals surface area contributed by atoms with Gasteiger partial charge in [0.25, 0.3) is 5.56 Å². The van der Waals surface area contributed by atoms with Crippen molar-refractivity contribution in [1.29, 1.82) is 0 Å². The van der Waals surface area contributed by atoms with E-state index in [-0.39, 0.29) is 5.56 Å². The number of aromatic nitrogens is 4. The van der Waals surface area contributed by atoms with Gasteiger partial charge in [-0.15, -0.1) is 5.10 Å². The van der Waals surface area contributed by atoms with Gasteiger partial charge in [-0.3, -0.25) is 4.79 Å². The summed E-state index contributed by atoms with van der Waals surface area (Å²) in [7, 11) is 0. The van der Waals surface area contributed by atoms with Crippen LogP contribution in [0.5, 0.6) is 0 Å². The minimum absolute atomic E-state index is 0.100. The first-order valence-corrected chi connectivity index (χ1v) is 9.78. The number of nitrogens with one attached hydrogen (secondary N) is 1. The van der Waals surface area contributed by atoms with Crippen molar-refractivity contribution in [1.82, 2.24) is 19.6 Å². The van der Waals surface area contributed by atoms with Crippen LogP contribution < -0.4 is 5.56 Å². The number of H-pyrrole nitrogens is 1. The summed E-state index contributed by atoms with van der Waals surface area (Å²) in [5.41, 5.74) is 2.28. The molecule has 5 heteroatoms. The molecule has 0 unspecified atom stereocenters. The molecule has 1 N–H and O–H groups in total. The molecule has 4 rings (SSSR count). The molecule has 0 aliphatic heterocycles. The fourth-order valence-corrected chi connectivity index (χ4v) is 4.16. The third-order valence-electron chi connectivity index (χ3n) is 5.77. The highest BCUT2D eigenvalue weighted by atomic mass is 16.1. The van der Waals surface area contributed by atoms with Crippen LogP contribution in [0.4, 0.5) is 0 Å². The van der Waals surface area contributed by atoms with Crippen molar-refractivity contribution in [2.24, 2.45) is 5.92 Å². The van der Waals surface area contributed by atoms with Gasteiger partial charge in [-0.05, 0) is 38.0 Å². The Morgan fingerprint density at radius 3 is 2.50 bits per heavy atom. The average Bonchev–Trinajstić information content (AvgIpc) is 3.08. The van der Waals surface area contributed by atoms with Crippen molar-refractivity contribution in [3.8, 4) is 11.4 Å². The molecule has 1 aliphatic rings. The van der Waals surface area contributed by atoms with Crippen LogP contribution in [0, 0.1) is 5.92 Å². The lowest BCUT2D eigenvalue weighted by Crippen LogP contribution is -2.19. The minimum atomic E-state index is -0.100. The minimum Gasteiger partial charge on any atom is -0.303 e. The maximum Gasteiger partial charge on any atom is 0.277 e. The Morgan fingerprint density at radius 2 is 1.85 bits per heavy atom. The van der Waals surface area contributed by atoms with Crippen LogP contribution in [-0.4, -0.2) is 19.6 Å². The first-order valence-electron chi connectivity index (χ1n) is 9.78. The van der Waals surface area contributed by atoms with Gasteiger partial charge >= 0.3 is 0 Å². The molecule has 0 bridgehead atoms. The zero-order chi connectivity index (χ0) is 18.1. The molecule has 0 saturated heterocycles. The first kappa shape index (κ1) is 17.0. The second kappa shape index (κ2) is 7.06. The number of aryl methyl sites for hydroxylation is 1. The summed E-state index contributed by atoms with van der Waals surface area (Å²) in [6, 6.07) is 9.81. The number of hydrogen-bond donors (Lipinski definition) is 1. The highest BCUT2D eigenvalue weighted by Gasteiger charge is 2.27. The topological polar surface area (TPSA) is 63.1 Å². The van der Waals surface area contributed by atoms with Crippen molar-refractivity contribution in [2.75, 3.05) is 0 Å². The summed E-state index contributed by atoms with van der Waals surface area (Å²) in [6.07, 6.45) is 6.75. The summed E-state index contributed by atoms with van der Waals surface area (Å²) in [5, 5.41) is 4.79. The van der Waals surface area contributed by atoms with Crippen LogP contribution >= 0.6 is 0 Å². The Labute approximate surface area is 153 Å². The average molecular weight is 350 g/mol. The van der Waals surface area contributed by atoms with Crippen LogP contribution in [0.3, 0.4) is 0 Å². The largest absolute Gasteiger partial charge is 0.303 e. The van der Waals surface area contributed by atoms with E-state index in [0.29, 0.717) is 17.3 Å².